The summed E-state index contributed by atoms with van der Waals surface area (Å²) in [5, 5.41) is 12.8. The second kappa shape index (κ2) is 7.99. The number of alkyl halides is 3. The lowest BCUT2D eigenvalue weighted by Crippen LogP contribution is -2.42. The molecular weight excluding hydrogens is 413 g/mol. The number of hydrogen-bond acceptors (Lipinski definition) is 4. The van der Waals surface area contributed by atoms with Gasteiger partial charge in [-0.1, -0.05) is 18.2 Å². The van der Waals surface area contributed by atoms with Crippen LogP contribution < -0.4 is 0 Å². The van der Waals surface area contributed by atoms with Gasteiger partial charge in [-0.15, -0.1) is 0 Å². The number of carboxylic acids is 1. The summed E-state index contributed by atoms with van der Waals surface area (Å²) in [6, 6.07) is 6.39. The molecule has 0 radical (unpaired) electrons. The van der Waals surface area contributed by atoms with E-state index in [1.165, 1.54) is 24.4 Å². The third-order valence-electron chi connectivity index (χ3n) is 6.29. The minimum atomic E-state index is -4.35. The number of halogens is 3. The van der Waals surface area contributed by atoms with Crippen LogP contribution in [-0.4, -0.2) is 62.9 Å². The zero-order chi connectivity index (χ0) is 22.2. The van der Waals surface area contributed by atoms with Crippen molar-refractivity contribution in [2.24, 2.45) is 5.41 Å². The number of aromatic carboxylic acids is 1. The number of hydrogen-bond donors (Lipinski definition) is 1. The van der Waals surface area contributed by atoms with E-state index in [2.05, 4.69) is 10.00 Å². The van der Waals surface area contributed by atoms with Crippen LogP contribution in [0.5, 0.6) is 0 Å². The van der Waals surface area contributed by atoms with Crippen molar-refractivity contribution in [1.29, 1.82) is 0 Å². The standard InChI is InChI=1S/C21H23F3N4O3/c22-21(23,24)16-3-1-2-15(12-16)13-26-9-5-20(6-10-26)7-11-27(14-20)19(31)28-8-4-17(25-28)18(29)30/h1-4,8,12H,5-7,9-11,13-14H2,(H,29,30). The molecule has 1 aromatic heterocycles. The molecule has 2 fully saturated rings. The van der Waals surface area contributed by atoms with E-state index in [1.54, 1.807) is 11.0 Å². The van der Waals surface area contributed by atoms with Crippen LogP contribution in [0.2, 0.25) is 0 Å². The van der Waals surface area contributed by atoms with Gasteiger partial charge in [-0.25, -0.2) is 9.59 Å². The van der Waals surface area contributed by atoms with Crippen molar-refractivity contribution in [2.75, 3.05) is 26.2 Å². The van der Waals surface area contributed by atoms with E-state index in [0.717, 1.165) is 43.1 Å². The molecule has 2 saturated heterocycles. The molecule has 2 aromatic rings. The topological polar surface area (TPSA) is 78.7 Å². The van der Waals surface area contributed by atoms with Gasteiger partial charge in [0.1, 0.15) is 0 Å². The third-order valence-corrected chi connectivity index (χ3v) is 6.29. The number of nitrogens with zero attached hydrogens (tertiary/aromatic N) is 4. The van der Waals surface area contributed by atoms with E-state index in [9.17, 15) is 22.8 Å². The summed E-state index contributed by atoms with van der Waals surface area (Å²) in [7, 11) is 0. The molecule has 166 valence electrons. The maximum Gasteiger partial charge on any atom is 0.416 e. The minimum absolute atomic E-state index is 0.0112. The zero-order valence-corrected chi connectivity index (χ0v) is 16.8. The third kappa shape index (κ3) is 4.58. The molecule has 4 rings (SSSR count). The lowest BCUT2D eigenvalue weighted by atomic mass is 9.77. The fraction of sp³-hybridized carbons (Fsp3) is 0.476. The number of rotatable bonds is 3. The van der Waals surface area contributed by atoms with Gasteiger partial charge in [0.2, 0.25) is 0 Å². The predicted molar refractivity (Wildman–Crippen MR) is 105 cm³/mol. The number of carbonyl (C=O) groups is 2. The van der Waals surface area contributed by atoms with E-state index in [4.69, 9.17) is 5.11 Å². The van der Waals surface area contributed by atoms with Crippen LogP contribution >= 0.6 is 0 Å². The van der Waals surface area contributed by atoms with Crippen LogP contribution in [0.4, 0.5) is 18.0 Å². The maximum absolute atomic E-state index is 12.9. The number of benzene rings is 1. The van der Waals surface area contributed by atoms with Gasteiger partial charge >= 0.3 is 18.2 Å². The summed E-state index contributed by atoms with van der Waals surface area (Å²) in [6.07, 6.45) is -0.427. The molecule has 1 aromatic carbocycles. The predicted octanol–water partition coefficient (Wildman–Crippen LogP) is 3.56. The highest BCUT2D eigenvalue weighted by Gasteiger charge is 2.42. The van der Waals surface area contributed by atoms with Crippen molar-refractivity contribution < 1.29 is 27.9 Å². The fourth-order valence-electron chi connectivity index (χ4n) is 4.49. The molecule has 1 amide bonds. The van der Waals surface area contributed by atoms with Crippen molar-refractivity contribution in [1.82, 2.24) is 19.6 Å². The van der Waals surface area contributed by atoms with Crippen LogP contribution in [0.1, 0.15) is 40.9 Å². The van der Waals surface area contributed by atoms with Gasteiger partial charge < -0.3 is 10.0 Å². The molecule has 10 heteroatoms. The van der Waals surface area contributed by atoms with Crippen molar-refractivity contribution >= 4 is 12.0 Å². The number of aromatic nitrogens is 2. The SMILES string of the molecule is O=C(O)c1ccn(C(=O)N2CCC3(CCN(Cc4cccc(C(F)(F)F)c4)CC3)C2)n1. The molecule has 1 spiro atoms. The van der Waals surface area contributed by atoms with Crippen LogP contribution in [0.3, 0.4) is 0 Å². The first-order chi connectivity index (χ1) is 14.7. The average Bonchev–Trinajstić information content (AvgIpc) is 3.37. The normalized spacial score (nSPS) is 19.1. The molecule has 0 saturated carbocycles. The Balaban J connectivity index is 1.33. The molecular formula is C21H23F3N4O3. The summed E-state index contributed by atoms with van der Waals surface area (Å²) in [6.45, 7) is 3.13. The molecule has 0 atom stereocenters. The van der Waals surface area contributed by atoms with Crippen LogP contribution in [-0.2, 0) is 12.7 Å². The van der Waals surface area contributed by atoms with Gasteiger partial charge in [0.25, 0.3) is 0 Å². The van der Waals surface area contributed by atoms with Crippen molar-refractivity contribution in [3.8, 4) is 0 Å². The van der Waals surface area contributed by atoms with Gasteiger partial charge in [0.05, 0.1) is 5.56 Å². The Hall–Kier alpha value is -2.88. The lowest BCUT2D eigenvalue weighted by molar-refractivity contribution is -0.137. The molecule has 2 aliphatic rings. The van der Waals surface area contributed by atoms with E-state index >= 15 is 0 Å². The highest BCUT2D eigenvalue weighted by atomic mass is 19.4. The van der Waals surface area contributed by atoms with Crippen molar-refractivity contribution in [3.63, 3.8) is 0 Å². The monoisotopic (exact) mass is 436 g/mol. The fourth-order valence-corrected chi connectivity index (χ4v) is 4.49. The number of likely N-dealkylation sites (tertiary alicyclic amines) is 2. The Labute approximate surface area is 177 Å². The van der Waals surface area contributed by atoms with Crippen LogP contribution in [0, 0.1) is 5.41 Å². The Morgan fingerprint density at radius 2 is 1.81 bits per heavy atom. The van der Waals surface area contributed by atoms with Gasteiger partial charge in [0.15, 0.2) is 5.69 Å². The van der Waals surface area contributed by atoms with Gasteiger partial charge in [-0.3, -0.25) is 4.90 Å². The first-order valence-corrected chi connectivity index (χ1v) is 10.1. The molecule has 3 heterocycles. The maximum atomic E-state index is 12.9. The minimum Gasteiger partial charge on any atom is -0.476 e. The van der Waals surface area contributed by atoms with Crippen molar-refractivity contribution in [3.05, 3.63) is 53.3 Å². The molecule has 1 N–H and O–H groups in total. The summed E-state index contributed by atoms with van der Waals surface area (Å²) < 4.78 is 39.9. The van der Waals surface area contributed by atoms with Gasteiger partial charge in [-0.05, 0) is 55.5 Å². The molecule has 0 unspecified atom stereocenters. The Kier molecular flexibility index (Phi) is 5.50. The summed E-state index contributed by atoms with van der Waals surface area (Å²) in [5.74, 6) is -1.18. The van der Waals surface area contributed by atoms with E-state index in [1.807, 2.05) is 0 Å². The smallest absolute Gasteiger partial charge is 0.416 e. The quantitative estimate of drug-likeness (QED) is 0.796. The van der Waals surface area contributed by atoms with Gasteiger partial charge in [-0.2, -0.15) is 23.0 Å². The first-order valence-electron chi connectivity index (χ1n) is 10.1. The summed E-state index contributed by atoms with van der Waals surface area (Å²) in [5.41, 5.74) is -0.178. The van der Waals surface area contributed by atoms with Gasteiger partial charge in [0, 0.05) is 25.8 Å². The lowest BCUT2D eigenvalue weighted by Gasteiger charge is -2.39. The van der Waals surface area contributed by atoms with E-state index in [0.29, 0.717) is 25.2 Å². The zero-order valence-electron chi connectivity index (χ0n) is 16.8. The number of piperidine rings is 1. The molecule has 7 nitrogen and oxygen atoms in total. The largest absolute Gasteiger partial charge is 0.476 e. The average molecular weight is 436 g/mol. The van der Waals surface area contributed by atoms with E-state index in [-0.39, 0.29) is 17.1 Å². The summed E-state index contributed by atoms with van der Waals surface area (Å²) >= 11 is 0. The van der Waals surface area contributed by atoms with E-state index < -0.39 is 17.7 Å². The van der Waals surface area contributed by atoms with Crippen molar-refractivity contribution in [2.45, 2.75) is 32.0 Å². The first kappa shape index (κ1) is 21.4. The second-order valence-electron chi connectivity index (χ2n) is 8.38. The Morgan fingerprint density at radius 1 is 1.10 bits per heavy atom. The Morgan fingerprint density at radius 3 is 2.45 bits per heavy atom. The number of carbonyl (C=O) groups excluding carboxylic acids is 1. The number of carboxylic acid groups (broad SMARTS) is 1. The highest BCUT2D eigenvalue weighted by molar-refractivity contribution is 5.86. The van der Waals surface area contributed by atoms with Crippen LogP contribution in [0.15, 0.2) is 36.5 Å². The van der Waals surface area contributed by atoms with Crippen LogP contribution in [0.25, 0.3) is 0 Å². The highest BCUT2D eigenvalue weighted by Crippen LogP contribution is 2.41. The molecule has 0 aliphatic carbocycles. The summed E-state index contributed by atoms with van der Waals surface area (Å²) in [4.78, 5) is 27.5. The second-order valence-corrected chi connectivity index (χ2v) is 8.38. The Bertz CT molecular complexity index is 980. The molecule has 2 aliphatic heterocycles. The number of amides is 1. The molecule has 31 heavy (non-hydrogen) atoms. The molecule has 0 bridgehead atoms.